The minimum Gasteiger partial charge on any atom is -0.368 e. The van der Waals surface area contributed by atoms with Crippen molar-refractivity contribution in [2.75, 3.05) is 30.3 Å². The van der Waals surface area contributed by atoms with Crippen molar-refractivity contribution < 1.29 is 0 Å². The van der Waals surface area contributed by atoms with Gasteiger partial charge in [0.15, 0.2) is 0 Å². The maximum atomic E-state index is 5.91. The third kappa shape index (κ3) is 2.59. The van der Waals surface area contributed by atoms with Gasteiger partial charge in [-0.1, -0.05) is 20.8 Å². The molecule has 0 aromatic carbocycles. The molecule has 5 heteroatoms. The van der Waals surface area contributed by atoms with E-state index in [4.69, 9.17) is 5.73 Å². The van der Waals surface area contributed by atoms with E-state index in [9.17, 15) is 0 Å². The Morgan fingerprint density at radius 3 is 2.80 bits per heavy atom. The molecule has 1 aromatic heterocycles. The molecule has 2 fully saturated rings. The molecule has 2 aliphatic rings. The molecule has 1 unspecified atom stereocenters. The Morgan fingerprint density at radius 1 is 1.30 bits per heavy atom. The quantitative estimate of drug-likeness (QED) is 0.814. The zero-order valence-corrected chi connectivity index (χ0v) is 12.7. The van der Waals surface area contributed by atoms with E-state index in [1.54, 1.807) is 0 Å². The number of nitrogens with two attached hydrogens (primary N) is 1. The number of nitrogen functional groups attached to an aromatic ring is 1. The molecule has 2 atom stereocenters. The smallest absolute Gasteiger partial charge is 0.222 e. The predicted octanol–water partition coefficient (Wildman–Crippen LogP) is 1.54. The number of aromatic nitrogens is 2. The minimum atomic E-state index is -0.00343. The Balaban J connectivity index is 1.85. The van der Waals surface area contributed by atoms with Gasteiger partial charge in [0.05, 0.1) is 5.69 Å². The first kappa shape index (κ1) is 13.6. The van der Waals surface area contributed by atoms with Gasteiger partial charge in [-0.3, -0.25) is 0 Å². The standard InChI is InChI=1S/C15H25N5/c1-15(2,3)12-7-13(19-14(16)18-12)20-8-10-5-4-6-17-11(10)9-20/h7,10-11,17H,4-6,8-9H2,1-3H3,(H2,16,18,19)/t10?,11-/m0/s1. The van der Waals surface area contributed by atoms with Gasteiger partial charge in [0.25, 0.3) is 0 Å². The lowest BCUT2D eigenvalue weighted by Gasteiger charge is -2.24. The van der Waals surface area contributed by atoms with Gasteiger partial charge in [-0.15, -0.1) is 0 Å². The van der Waals surface area contributed by atoms with Crippen LogP contribution in [-0.4, -0.2) is 35.6 Å². The van der Waals surface area contributed by atoms with Gasteiger partial charge in [0, 0.05) is 30.6 Å². The lowest BCUT2D eigenvalue weighted by atomic mass is 9.92. The second-order valence-corrected chi connectivity index (χ2v) is 7.09. The molecule has 20 heavy (non-hydrogen) atoms. The zero-order chi connectivity index (χ0) is 14.3. The average Bonchev–Trinajstić information content (AvgIpc) is 2.80. The highest BCUT2D eigenvalue weighted by atomic mass is 15.3. The van der Waals surface area contributed by atoms with Gasteiger partial charge in [-0.2, -0.15) is 4.98 Å². The van der Waals surface area contributed by atoms with Crippen LogP contribution in [0.4, 0.5) is 11.8 Å². The van der Waals surface area contributed by atoms with E-state index in [0.29, 0.717) is 12.0 Å². The first-order chi connectivity index (χ1) is 9.43. The molecular formula is C15H25N5. The maximum Gasteiger partial charge on any atom is 0.222 e. The molecule has 2 aliphatic heterocycles. The predicted molar refractivity (Wildman–Crippen MR) is 81.9 cm³/mol. The van der Waals surface area contributed by atoms with Crippen LogP contribution in [0.3, 0.4) is 0 Å². The Morgan fingerprint density at radius 2 is 2.10 bits per heavy atom. The molecule has 110 valence electrons. The van der Waals surface area contributed by atoms with Crippen molar-refractivity contribution in [2.45, 2.75) is 45.1 Å². The molecule has 3 rings (SSSR count). The Labute approximate surface area is 121 Å². The maximum absolute atomic E-state index is 5.91. The number of anilines is 2. The summed E-state index contributed by atoms with van der Waals surface area (Å²) in [4.78, 5) is 11.2. The summed E-state index contributed by atoms with van der Waals surface area (Å²) >= 11 is 0. The van der Waals surface area contributed by atoms with E-state index in [1.165, 1.54) is 12.8 Å². The normalized spacial score (nSPS) is 26.6. The Bertz CT molecular complexity index is 480. The third-order valence-electron chi connectivity index (χ3n) is 4.42. The summed E-state index contributed by atoms with van der Waals surface area (Å²) in [6.45, 7) is 9.73. The van der Waals surface area contributed by atoms with Crippen LogP contribution in [0, 0.1) is 5.92 Å². The molecule has 0 bridgehead atoms. The molecule has 0 aliphatic carbocycles. The number of piperidine rings is 1. The fourth-order valence-electron chi connectivity index (χ4n) is 3.23. The van der Waals surface area contributed by atoms with Gasteiger partial charge in [0.2, 0.25) is 5.95 Å². The van der Waals surface area contributed by atoms with Crippen LogP contribution in [0.2, 0.25) is 0 Å². The van der Waals surface area contributed by atoms with Crippen molar-refractivity contribution in [1.82, 2.24) is 15.3 Å². The summed E-state index contributed by atoms with van der Waals surface area (Å²) in [5, 5.41) is 3.62. The van der Waals surface area contributed by atoms with Gasteiger partial charge >= 0.3 is 0 Å². The fraction of sp³-hybridized carbons (Fsp3) is 0.733. The molecule has 5 nitrogen and oxygen atoms in total. The third-order valence-corrected chi connectivity index (χ3v) is 4.42. The van der Waals surface area contributed by atoms with Crippen molar-refractivity contribution in [3.05, 3.63) is 11.8 Å². The van der Waals surface area contributed by atoms with Crippen molar-refractivity contribution in [3.8, 4) is 0 Å². The second kappa shape index (κ2) is 4.88. The van der Waals surface area contributed by atoms with Crippen molar-refractivity contribution in [1.29, 1.82) is 0 Å². The van der Waals surface area contributed by atoms with Crippen molar-refractivity contribution in [2.24, 2.45) is 5.92 Å². The number of nitrogens with zero attached hydrogens (tertiary/aromatic N) is 3. The van der Waals surface area contributed by atoms with E-state index in [-0.39, 0.29) is 5.41 Å². The monoisotopic (exact) mass is 275 g/mol. The van der Waals surface area contributed by atoms with Crippen molar-refractivity contribution in [3.63, 3.8) is 0 Å². The Kier molecular flexibility index (Phi) is 3.32. The Hall–Kier alpha value is -1.36. The van der Waals surface area contributed by atoms with Crippen LogP contribution < -0.4 is 16.0 Å². The molecule has 0 amide bonds. The molecular weight excluding hydrogens is 250 g/mol. The van der Waals surface area contributed by atoms with E-state index in [1.807, 2.05) is 0 Å². The number of fused-ring (bicyclic) bond motifs is 1. The SMILES string of the molecule is CC(C)(C)c1cc(N2CC3CCCN[C@H]3C2)nc(N)n1. The van der Waals surface area contributed by atoms with Crippen LogP contribution in [0.25, 0.3) is 0 Å². The first-order valence-electron chi connectivity index (χ1n) is 7.57. The van der Waals surface area contributed by atoms with E-state index in [2.05, 4.69) is 47.0 Å². The van der Waals surface area contributed by atoms with E-state index < -0.39 is 0 Å². The van der Waals surface area contributed by atoms with Crippen LogP contribution in [-0.2, 0) is 5.41 Å². The molecule has 0 radical (unpaired) electrons. The minimum absolute atomic E-state index is 0.00343. The largest absolute Gasteiger partial charge is 0.368 e. The first-order valence-corrected chi connectivity index (χ1v) is 7.57. The lowest BCUT2D eigenvalue weighted by molar-refractivity contribution is 0.340. The van der Waals surface area contributed by atoms with Crippen LogP contribution in [0.1, 0.15) is 39.3 Å². The highest BCUT2D eigenvalue weighted by Crippen LogP contribution is 2.30. The van der Waals surface area contributed by atoms with Gasteiger partial charge < -0.3 is 16.0 Å². The van der Waals surface area contributed by atoms with Crippen molar-refractivity contribution >= 4 is 11.8 Å². The highest BCUT2D eigenvalue weighted by Gasteiger charge is 2.35. The number of hydrogen-bond acceptors (Lipinski definition) is 5. The van der Waals surface area contributed by atoms with E-state index in [0.717, 1.165) is 37.1 Å². The van der Waals surface area contributed by atoms with Gasteiger partial charge in [-0.25, -0.2) is 4.98 Å². The fourth-order valence-corrected chi connectivity index (χ4v) is 3.23. The summed E-state index contributed by atoms with van der Waals surface area (Å²) in [6, 6.07) is 2.71. The molecule has 0 spiro atoms. The number of rotatable bonds is 1. The lowest BCUT2D eigenvalue weighted by Crippen LogP contribution is -2.40. The van der Waals surface area contributed by atoms with Crippen LogP contribution >= 0.6 is 0 Å². The summed E-state index contributed by atoms with van der Waals surface area (Å²) in [6.07, 6.45) is 2.61. The molecule has 0 saturated carbocycles. The van der Waals surface area contributed by atoms with E-state index >= 15 is 0 Å². The molecule has 3 heterocycles. The van der Waals surface area contributed by atoms with Gasteiger partial charge in [0.1, 0.15) is 5.82 Å². The highest BCUT2D eigenvalue weighted by molar-refractivity contribution is 5.46. The number of hydrogen-bond donors (Lipinski definition) is 2. The molecule has 2 saturated heterocycles. The van der Waals surface area contributed by atoms with Crippen LogP contribution in [0.5, 0.6) is 0 Å². The second-order valence-electron chi connectivity index (χ2n) is 7.09. The summed E-state index contributed by atoms with van der Waals surface area (Å²) in [7, 11) is 0. The van der Waals surface area contributed by atoms with Crippen LogP contribution in [0.15, 0.2) is 6.07 Å². The molecule has 3 N–H and O–H groups in total. The van der Waals surface area contributed by atoms with Gasteiger partial charge in [-0.05, 0) is 25.3 Å². The zero-order valence-electron chi connectivity index (χ0n) is 12.7. The summed E-state index contributed by atoms with van der Waals surface area (Å²) < 4.78 is 0. The molecule has 1 aromatic rings. The topological polar surface area (TPSA) is 67.1 Å². The summed E-state index contributed by atoms with van der Waals surface area (Å²) in [5.41, 5.74) is 6.92. The summed E-state index contributed by atoms with van der Waals surface area (Å²) in [5.74, 6) is 2.12. The average molecular weight is 275 g/mol. The number of nitrogens with one attached hydrogen (secondary N) is 1.